The van der Waals surface area contributed by atoms with E-state index in [9.17, 15) is 24.3 Å². The number of carbonyl (C=O) groups is 4. The number of halogens is 1. The van der Waals surface area contributed by atoms with Gasteiger partial charge in [-0.2, -0.15) is 0 Å². The molecule has 8 heteroatoms. The Hall–Kier alpha value is -3.79. The number of aromatic hydroxyl groups is 1. The molecule has 7 nitrogen and oxygen atoms in total. The minimum absolute atomic E-state index is 0.102. The number of para-hydroxylation sites is 1. The minimum atomic E-state index is -1.10. The van der Waals surface area contributed by atoms with Crippen LogP contribution >= 0.6 is 22.6 Å². The molecule has 1 saturated carbocycles. The first kappa shape index (κ1) is 26.1. The first-order valence-electron chi connectivity index (χ1n) is 13.8. The molecule has 3 fully saturated rings. The number of rotatable bonds is 3. The van der Waals surface area contributed by atoms with E-state index >= 15 is 0 Å². The van der Waals surface area contributed by atoms with Crippen molar-refractivity contribution in [1.82, 2.24) is 0 Å². The molecule has 3 aromatic rings. The van der Waals surface area contributed by atoms with Crippen LogP contribution in [0.1, 0.15) is 31.2 Å². The number of imide groups is 2. The summed E-state index contributed by atoms with van der Waals surface area (Å²) >= 11 is 2.19. The summed E-state index contributed by atoms with van der Waals surface area (Å²) in [7, 11) is 0. The summed E-state index contributed by atoms with van der Waals surface area (Å²) < 4.78 is 1.00. The van der Waals surface area contributed by atoms with Crippen molar-refractivity contribution in [2.75, 3.05) is 9.80 Å². The Morgan fingerprint density at radius 1 is 0.780 bits per heavy atom. The van der Waals surface area contributed by atoms with Crippen molar-refractivity contribution in [3.05, 3.63) is 99.6 Å². The summed E-state index contributed by atoms with van der Waals surface area (Å²) in [5, 5.41) is 10.0. The number of amides is 4. The van der Waals surface area contributed by atoms with Crippen LogP contribution in [0.4, 0.5) is 11.4 Å². The number of nitrogens with zero attached hydrogens (tertiary/aromatic N) is 2. The monoisotopic (exact) mass is 658 g/mol. The standard InChI is InChI=1S/C33H27IN2O5/c1-33-26(30(39)36(32(33)41)20-5-3-2-4-6-20)17-25-23(28(33)18-7-13-22(37)14-8-18)15-16-24-27(25)31(40)35(29(24)38)21-11-9-19(34)10-12-21/h2-15,24-28,37H,16-17H2,1H3/t24-,25+,26-,27-,28-,33+/m0/s1. The summed E-state index contributed by atoms with van der Waals surface area (Å²) in [6, 6.07) is 23.0. The predicted molar refractivity (Wildman–Crippen MR) is 161 cm³/mol. The number of phenols is 1. The molecule has 0 bridgehead atoms. The van der Waals surface area contributed by atoms with Crippen LogP contribution in [0.3, 0.4) is 0 Å². The van der Waals surface area contributed by atoms with Gasteiger partial charge in [-0.15, -0.1) is 0 Å². The molecule has 0 spiro atoms. The van der Waals surface area contributed by atoms with Crippen molar-refractivity contribution >= 4 is 57.6 Å². The lowest BCUT2D eigenvalue weighted by atomic mass is 9.51. The third-order valence-corrected chi connectivity index (χ3v) is 10.3. The average Bonchev–Trinajstić information content (AvgIpc) is 3.34. The highest BCUT2D eigenvalue weighted by molar-refractivity contribution is 14.1. The van der Waals surface area contributed by atoms with Crippen LogP contribution in [0.2, 0.25) is 0 Å². The van der Waals surface area contributed by atoms with Crippen molar-refractivity contribution in [2.45, 2.75) is 25.7 Å². The molecule has 4 amide bonds. The largest absolute Gasteiger partial charge is 0.508 e. The molecule has 7 rings (SSSR count). The molecule has 2 heterocycles. The molecule has 41 heavy (non-hydrogen) atoms. The Balaban J connectivity index is 1.36. The molecule has 4 aliphatic rings. The number of hydrogen-bond donors (Lipinski definition) is 1. The van der Waals surface area contributed by atoms with Gasteiger partial charge < -0.3 is 5.11 Å². The third kappa shape index (κ3) is 3.69. The van der Waals surface area contributed by atoms with Crippen LogP contribution in [-0.2, 0) is 19.2 Å². The van der Waals surface area contributed by atoms with E-state index in [1.54, 1.807) is 60.7 Å². The molecular formula is C33H27IN2O5. The minimum Gasteiger partial charge on any atom is -0.508 e. The number of anilines is 2. The highest BCUT2D eigenvalue weighted by atomic mass is 127. The van der Waals surface area contributed by atoms with Gasteiger partial charge in [0.1, 0.15) is 5.75 Å². The van der Waals surface area contributed by atoms with Crippen LogP contribution in [0.25, 0.3) is 0 Å². The van der Waals surface area contributed by atoms with E-state index < -0.39 is 29.1 Å². The van der Waals surface area contributed by atoms with Crippen LogP contribution in [-0.4, -0.2) is 28.7 Å². The van der Waals surface area contributed by atoms with Gasteiger partial charge in [0, 0.05) is 9.49 Å². The highest BCUT2D eigenvalue weighted by Gasteiger charge is 2.67. The SMILES string of the molecule is C[C@@]12C(=O)N(c3ccccc3)C(=O)[C@@H]1C[C@@H]1C(=CC[C@@H]3C(=O)N(c4ccc(I)cc4)C(=O)[C@@H]31)[C@@H]2c1ccc(O)cc1. The maximum Gasteiger partial charge on any atom is 0.241 e. The van der Waals surface area contributed by atoms with Gasteiger partial charge in [0.05, 0.1) is 34.5 Å². The number of allylic oxidation sites excluding steroid dienone is 2. The fraction of sp³-hybridized carbons (Fsp3) is 0.273. The average molecular weight is 658 g/mol. The summed E-state index contributed by atoms with van der Waals surface area (Å²) in [4.78, 5) is 58.7. The lowest BCUT2D eigenvalue weighted by molar-refractivity contribution is -0.131. The summed E-state index contributed by atoms with van der Waals surface area (Å²) in [6.07, 6.45) is 2.74. The van der Waals surface area contributed by atoms with E-state index in [4.69, 9.17) is 0 Å². The molecule has 1 N–H and O–H groups in total. The van der Waals surface area contributed by atoms with Crippen LogP contribution in [0.5, 0.6) is 5.75 Å². The molecule has 0 unspecified atom stereocenters. The highest BCUT2D eigenvalue weighted by Crippen LogP contribution is 2.63. The maximum atomic E-state index is 14.3. The molecule has 2 saturated heterocycles. The number of carbonyl (C=O) groups excluding carboxylic acids is 4. The Bertz CT molecular complexity index is 1630. The van der Waals surface area contributed by atoms with Gasteiger partial charge in [0.2, 0.25) is 23.6 Å². The second-order valence-electron chi connectivity index (χ2n) is 11.6. The van der Waals surface area contributed by atoms with Crippen LogP contribution in [0.15, 0.2) is 90.5 Å². The van der Waals surface area contributed by atoms with E-state index in [1.807, 2.05) is 31.2 Å². The van der Waals surface area contributed by atoms with Crippen molar-refractivity contribution in [2.24, 2.45) is 29.1 Å². The zero-order valence-electron chi connectivity index (χ0n) is 22.2. The molecule has 2 aliphatic heterocycles. The van der Waals surface area contributed by atoms with Crippen LogP contribution in [0, 0.1) is 32.7 Å². The molecule has 206 valence electrons. The fourth-order valence-corrected chi connectivity index (χ4v) is 8.09. The second-order valence-corrected chi connectivity index (χ2v) is 12.8. The quantitative estimate of drug-likeness (QED) is 0.230. The molecule has 3 aromatic carbocycles. The van der Waals surface area contributed by atoms with Crippen molar-refractivity contribution in [3.8, 4) is 5.75 Å². The first-order chi connectivity index (χ1) is 19.7. The van der Waals surface area contributed by atoms with E-state index in [0.717, 1.165) is 14.7 Å². The van der Waals surface area contributed by atoms with Gasteiger partial charge in [-0.3, -0.25) is 24.1 Å². The normalized spacial score (nSPS) is 30.7. The lowest BCUT2D eigenvalue weighted by Crippen LogP contribution is -2.48. The van der Waals surface area contributed by atoms with Crippen molar-refractivity contribution in [3.63, 3.8) is 0 Å². The Morgan fingerprint density at radius 2 is 1.44 bits per heavy atom. The van der Waals surface area contributed by atoms with Gasteiger partial charge >= 0.3 is 0 Å². The molecule has 6 atom stereocenters. The molecule has 0 aromatic heterocycles. The van der Waals surface area contributed by atoms with E-state index in [1.165, 1.54) is 9.80 Å². The number of benzene rings is 3. The number of hydrogen-bond acceptors (Lipinski definition) is 5. The predicted octanol–water partition coefficient (Wildman–Crippen LogP) is 5.43. The summed E-state index contributed by atoms with van der Waals surface area (Å²) in [5.41, 5.74) is 1.70. The zero-order chi connectivity index (χ0) is 28.6. The smallest absolute Gasteiger partial charge is 0.241 e. The fourth-order valence-electron chi connectivity index (χ4n) is 7.73. The molecule has 0 radical (unpaired) electrons. The first-order valence-corrected chi connectivity index (χ1v) is 14.9. The zero-order valence-corrected chi connectivity index (χ0v) is 24.4. The van der Waals surface area contributed by atoms with Gasteiger partial charge in [0.25, 0.3) is 0 Å². The molecule has 2 aliphatic carbocycles. The Labute approximate surface area is 251 Å². The maximum absolute atomic E-state index is 14.3. The number of phenolic OH excluding ortho intramolecular Hbond substituents is 1. The molecular weight excluding hydrogens is 631 g/mol. The van der Waals surface area contributed by atoms with Gasteiger partial charge in [-0.05, 0) is 102 Å². The lowest BCUT2D eigenvalue weighted by Gasteiger charge is -2.49. The number of fused-ring (bicyclic) bond motifs is 4. The summed E-state index contributed by atoms with van der Waals surface area (Å²) in [6.45, 7) is 1.86. The Morgan fingerprint density at radius 3 is 2.12 bits per heavy atom. The van der Waals surface area contributed by atoms with Gasteiger partial charge in [-0.25, -0.2) is 4.90 Å². The van der Waals surface area contributed by atoms with E-state index in [2.05, 4.69) is 22.6 Å². The topological polar surface area (TPSA) is 95.0 Å². The van der Waals surface area contributed by atoms with Crippen molar-refractivity contribution in [1.29, 1.82) is 0 Å². The van der Waals surface area contributed by atoms with Gasteiger partial charge in [0.15, 0.2) is 0 Å². The van der Waals surface area contributed by atoms with E-state index in [-0.39, 0.29) is 35.3 Å². The van der Waals surface area contributed by atoms with Crippen molar-refractivity contribution < 1.29 is 24.3 Å². The van der Waals surface area contributed by atoms with Crippen LogP contribution < -0.4 is 9.80 Å². The Kier molecular flexibility index (Phi) is 5.97. The second kappa shape index (κ2) is 9.37. The van der Waals surface area contributed by atoms with Gasteiger partial charge in [-0.1, -0.05) is 42.0 Å². The third-order valence-electron chi connectivity index (χ3n) is 9.60. The van der Waals surface area contributed by atoms with E-state index in [0.29, 0.717) is 24.2 Å². The summed E-state index contributed by atoms with van der Waals surface area (Å²) in [5.74, 6) is -3.58.